The molecule has 3 fully saturated rings. The van der Waals surface area contributed by atoms with Gasteiger partial charge in [-0.25, -0.2) is 4.98 Å². The highest BCUT2D eigenvalue weighted by atomic mass is 35.5. The van der Waals surface area contributed by atoms with Crippen molar-refractivity contribution in [2.24, 2.45) is 11.8 Å². The summed E-state index contributed by atoms with van der Waals surface area (Å²) in [5.74, 6) is 1.63. The van der Waals surface area contributed by atoms with Crippen LogP contribution in [0, 0.1) is 11.8 Å². The molecule has 5 aliphatic rings. The van der Waals surface area contributed by atoms with Crippen molar-refractivity contribution in [3.8, 4) is 23.0 Å². The molecule has 0 amide bonds. The zero-order valence-corrected chi connectivity index (χ0v) is 17.9. The second kappa shape index (κ2) is 6.26. The van der Waals surface area contributed by atoms with Gasteiger partial charge in [0.1, 0.15) is 0 Å². The summed E-state index contributed by atoms with van der Waals surface area (Å²) in [4.78, 5) is 6.65. The van der Waals surface area contributed by atoms with Gasteiger partial charge in [0, 0.05) is 24.2 Å². The number of phosphoric acid groups is 1. The van der Waals surface area contributed by atoms with Crippen LogP contribution in [0.4, 0.5) is 0 Å². The van der Waals surface area contributed by atoms with Crippen LogP contribution < -0.4 is 18.3 Å². The fourth-order valence-corrected chi connectivity index (χ4v) is 6.93. The number of rotatable bonds is 4. The van der Waals surface area contributed by atoms with Gasteiger partial charge in [-0.05, 0) is 31.2 Å². The first kappa shape index (κ1) is 18.8. The van der Waals surface area contributed by atoms with E-state index in [4.69, 9.17) is 29.9 Å². The van der Waals surface area contributed by atoms with E-state index in [2.05, 4.69) is 16.5 Å². The minimum atomic E-state index is -4.03. The summed E-state index contributed by atoms with van der Waals surface area (Å²) in [6.07, 6.45) is 2.96. The summed E-state index contributed by atoms with van der Waals surface area (Å²) < 4.78 is 35.4. The number of fused-ring (bicyclic) bond motifs is 6. The molecule has 1 aromatic heterocycles. The molecule has 5 aliphatic heterocycles. The lowest BCUT2D eigenvalue weighted by Crippen LogP contribution is -2.54. The van der Waals surface area contributed by atoms with Crippen molar-refractivity contribution in [2.75, 3.05) is 20.2 Å². The lowest BCUT2D eigenvalue weighted by atomic mass is 9.73. The number of aliphatic hydroxyl groups excluding tert-OH is 1. The minimum Gasteiger partial charge on any atom is -0.490 e. The number of hydrogen-bond acceptors (Lipinski definition) is 8. The first-order valence-corrected chi connectivity index (χ1v) is 11.7. The number of aliphatic hydroxyl groups is 1. The highest BCUT2D eigenvalue weighted by Crippen LogP contribution is 2.66. The molecule has 6 heterocycles. The molecule has 7 rings (SSSR count). The van der Waals surface area contributed by atoms with Crippen LogP contribution in [0.25, 0.3) is 10.9 Å². The van der Waals surface area contributed by atoms with Crippen LogP contribution in [0.1, 0.15) is 24.5 Å². The smallest absolute Gasteiger partial charge is 0.490 e. The molecule has 10 heteroatoms. The number of methoxy groups -OCH3 is 1. The monoisotopic (exact) mass is 450 g/mol. The molecule has 6 atom stereocenters. The summed E-state index contributed by atoms with van der Waals surface area (Å²) in [5, 5.41) is 12.1. The summed E-state index contributed by atoms with van der Waals surface area (Å²) in [6, 6.07) is 1.45. The molecule has 1 N–H and O–H groups in total. The van der Waals surface area contributed by atoms with E-state index in [1.807, 2.05) is 6.08 Å². The molecular weight excluding hydrogens is 431 g/mol. The van der Waals surface area contributed by atoms with Crippen LogP contribution in [-0.2, 0) is 4.57 Å². The van der Waals surface area contributed by atoms with Crippen molar-refractivity contribution >= 4 is 30.3 Å². The van der Waals surface area contributed by atoms with Gasteiger partial charge in [0.05, 0.1) is 24.1 Å². The van der Waals surface area contributed by atoms with E-state index in [-0.39, 0.29) is 28.4 Å². The van der Waals surface area contributed by atoms with Gasteiger partial charge in [-0.1, -0.05) is 17.7 Å². The van der Waals surface area contributed by atoms with Gasteiger partial charge in [-0.3, -0.25) is 4.90 Å². The molecule has 8 nitrogen and oxygen atoms in total. The second-order valence-electron chi connectivity index (χ2n) is 8.19. The zero-order valence-electron chi connectivity index (χ0n) is 16.2. The Morgan fingerprint density at radius 2 is 2.23 bits per heavy atom. The van der Waals surface area contributed by atoms with Crippen molar-refractivity contribution in [1.82, 2.24) is 9.88 Å². The average molecular weight is 451 g/mol. The first-order valence-electron chi connectivity index (χ1n) is 9.90. The molecule has 0 spiro atoms. The van der Waals surface area contributed by atoms with E-state index in [0.29, 0.717) is 34.1 Å². The Morgan fingerprint density at radius 3 is 2.93 bits per heavy atom. The molecule has 30 heavy (non-hydrogen) atoms. The Hall–Kier alpha value is -1.99. The Kier molecular flexibility index (Phi) is 3.92. The first-order chi connectivity index (χ1) is 14.4. The fourth-order valence-electron chi connectivity index (χ4n) is 5.35. The Labute approximate surface area is 177 Å². The zero-order chi connectivity index (χ0) is 20.8. The number of nitrogens with zero attached hydrogens (tertiary/aromatic N) is 2. The largest absolute Gasteiger partial charge is 0.647 e. The van der Waals surface area contributed by atoms with E-state index in [1.54, 1.807) is 6.07 Å². The number of halogens is 1. The van der Waals surface area contributed by atoms with Crippen LogP contribution in [0.15, 0.2) is 18.7 Å². The molecule has 0 radical (unpaired) electrons. The van der Waals surface area contributed by atoms with Crippen LogP contribution >= 0.6 is 19.4 Å². The number of pyridine rings is 1. The number of hydrogen-bond donors (Lipinski definition) is 1. The van der Waals surface area contributed by atoms with Gasteiger partial charge in [-0.15, -0.1) is 6.58 Å². The maximum absolute atomic E-state index is 13.2. The van der Waals surface area contributed by atoms with Crippen LogP contribution in [0.5, 0.6) is 23.0 Å². The molecule has 0 aliphatic carbocycles. The van der Waals surface area contributed by atoms with Crippen molar-refractivity contribution in [2.45, 2.75) is 25.0 Å². The molecule has 3 unspecified atom stereocenters. The summed E-state index contributed by atoms with van der Waals surface area (Å²) in [6.45, 7) is 5.71. The molecule has 1 aromatic carbocycles. The third-order valence-electron chi connectivity index (χ3n) is 6.74. The standard InChI is InChI=1S/C20H20ClN2O6P/c1-3-9-8-23-5-4-10(9)6-12(23)16(24)15-14-11-7-13-17(26-2)18(14)28-30(25,27-13)29-19(15)20(21)22-11/h3,7,9-10,12,16,24H,1,4-6,8H2,2H3/t9-,10?,12-,16-,30?/m0/s1. The number of ether oxygens (including phenoxy) is 1. The molecule has 2 aromatic rings. The molecule has 3 saturated heterocycles. The normalized spacial score (nSPS) is 33.7. The summed E-state index contributed by atoms with van der Waals surface area (Å²) >= 11 is 6.40. The van der Waals surface area contributed by atoms with Gasteiger partial charge in [0.2, 0.25) is 5.75 Å². The van der Waals surface area contributed by atoms with Gasteiger partial charge in [0.25, 0.3) is 0 Å². The van der Waals surface area contributed by atoms with Crippen LogP contribution in [0.3, 0.4) is 0 Å². The molecule has 7 bridgehead atoms. The van der Waals surface area contributed by atoms with Gasteiger partial charge in [0.15, 0.2) is 22.4 Å². The highest BCUT2D eigenvalue weighted by molar-refractivity contribution is 7.50. The third-order valence-corrected chi connectivity index (χ3v) is 8.22. The minimum absolute atomic E-state index is 0.00905. The van der Waals surface area contributed by atoms with E-state index < -0.39 is 13.9 Å². The SMILES string of the molecule is C=C[C@H]1CN2CCC1C[C@H]2[C@H](O)c1c2c(Cl)nc3cc4c(OC)c(c13)OP(=O)(O4)O2. The van der Waals surface area contributed by atoms with Gasteiger partial charge < -0.3 is 23.4 Å². The Bertz CT molecular complexity index is 1160. The van der Waals surface area contributed by atoms with Gasteiger partial charge in [-0.2, -0.15) is 4.57 Å². The molecule has 0 saturated carbocycles. The topological polar surface area (TPSA) is 90.4 Å². The van der Waals surface area contributed by atoms with E-state index in [0.717, 1.165) is 25.9 Å². The van der Waals surface area contributed by atoms with E-state index >= 15 is 0 Å². The summed E-state index contributed by atoms with van der Waals surface area (Å²) in [5.41, 5.74) is 0.876. The fraction of sp³-hybridized carbons (Fsp3) is 0.450. The number of benzene rings is 1. The Morgan fingerprint density at radius 1 is 1.43 bits per heavy atom. The van der Waals surface area contributed by atoms with Crippen molar-refractivity contribution in [1.29, 1.82) is 0 Å². The predicted molar refractivity (Wildman–Crippen MR) is 110 cm³/mol. The van der Waals surface area contributed by atoms with Crippen molar-refractivity contribution in [3.63, 3.8) is 0 Å². The number of piperidine rings is 3. The molecule has 158 valence electrons. The van der Waals surface area contributed by atoms with Crippen LogP contribution in [-0.4, -0.2) is 41.2 Å². The third kappa shape index (κ3) is 2.42. The van der Waals surface area contributed by atoms with Gasteiger partial charge >= 0.3 is 7.82 Å². The lowest BCUT2D eigenvalue weighted by molar-refractivity contribution is -0.0448. The average Bonchev–Trinajstić information content (AvgIpc) is 2.76. The number of aromatic nitrogens is 1. The maximum Gasteiger partial charge on any atom is 0.647 e. The second-order valence-corrected chi connectivity index (χ2v) is 9.99. The Balaban J connectivity index is 1.56. The lowest BCUT2D eigenvalue weighted by Gasteiger charge is -2.50. The van der Waals surface area contributed by atoms with E-state index in [1.165, 1.54) is 7.11 Å². The van der Waals surface area contributed by atoms with Crippen LogP contribution in [0.2, 0.25) is 5.15 Å². The summed E-state index contributed by atoms with van der Waals surface area (Å²) in [7, 11) is -2.56. The highest BCUT2D eigenvalue weighted by Gasteiger charge is 2.49. The molecular formula is C20H20ClN2O6P. The number of phosphoric ester groups is 1. The maximum atomic E-state index is 13.2. The quantitative estimate of drug-likeness (QED) is 0.423. The predicted octanol–water partition coefficient (Wildman–Crippen LogP) is 4.10. The van der Waals surface area contributed by atoms with Crippen molar-refractivity contribution < 1.29 is 28.0 Å². The van der Waals surface area contributed by atoms with E-state index in [9.17, 15) is 9.67 Å². The van der Waals surface area contributed by atoms with Crippen molar-refractivity contribution in [3.05, 3.63) is 29.4 Å².